The zero-order valence-electron chi connectivity index (χ0n) is 8.78. The molecule has 1 fully saturated rings. The maximum Gasteiger partial charge on any atom is 0.0895 e. The molecule has 0 aromatic heterocycles. The molecule has 3 nitrogen and oxygen atoms in total. The average Bonchev–Trinajstić information content (AvgIpc) is 2.26. The molecule has 0 heterocycles. The van der Waals surface area contributed by atoms with E-state index >= 15 is 0 Å². The van der Waals surface area contributed by atoms with E-state index in [1.165, 1.54) is 25.7 Å². The SMILES string of the molecule is CSC1CCCC(NCC(O)CO)C1. The topological polar surface area (TPSA) is 52.5 Å². The van der Waals surface area contributed by atoms with Crippen molar-refractivity contribution in [2.45, 2.75) is 43.1 Å². The zero-order valence-corrected chi connectivity index (χ0v) is 9.59. The van der Waals surface area contributed by atoms with Crippen LogP contribution in [-0.2, 0) is 0 Å². The van der Waals surface area contributed by atoms with Gasteiger partial charge in [0.25, 0.3) is 0 Å². The summed E-state index contributed by atoms with van der Waals surface area (Å²) in [5.74, 6) is 0. The van der Waals surface area contributed by atoms with Crippen LogP contribution >= 0.6 is 11.8 Å². The van der Waals surface area contributed by atoms with Gasteiger partial charge in [-0.05, 0) is 25.5 Å². The van der Waals surface area contributed by atoms with Crippen LogP contribution in [-0.4, -0.2) is 47.0 Å². The Morgan fingerprint density at radius 2 is 2.29 bits per heavy atom. The second-order valence-corrected chi connectivity index (χ2v) is 5.10. The van der Waals surface area contributed by atoms with Crippen LogP contribution in [0.25, 0.3) is 0 Å². The lowest BCUT2D eigenvalue weighted by Crippen LogP contribution is -2.40. The van der Waals surface area contributed by atoms with Crippen molar-refractivity contribution in [2.75, 3.05) is 19.4 Å². The molecule has 1 aliphatic carbocycles. The number of rotatable bonds is 5. The summed E-state index contributed by atoms with van der Waals surface area (Å²) in [5, 5.41) is 21.9. The summed E-state index contributed by atoms with van der Waals surface area (Å²) >= 11 is 1.94. The molecule has 3 N–H and O–H groups in total. The van der Waals surface area contributed by atoms with Gasteiger partial charge in [0.2, 0.25) is 0 Å². The minimum atomic E-state index is -0.607. The number of aliphatic hydroxyl groups excluding tert-OH is 2. The van der Waals surface area contributed by atoms with Crippen molar-refractivity contribution in [2.24, 2.45) is 0 Å². The molecule has 0 saturated heterocycles. The van der Waals surface area contributed by atoms with Crippen LogP contribution in [0.3, 0.4) is 0 Å². The van der Waals surface area contributed by atoms with Gasteiger partial charge in [-0.1, -0.05) is 6.42 Å². The van der Waals surface area contributed by atoms with Gasteiger partial charge in [0.1, 0.15) is 0 Å². The Morgan fingerprint density at radius 3 is 2.93 bits per heavy atom. The lowest BCUT2D eigenvalue weighted by atomic mass is 9.95. The molecule has 3 atom stereocenters. The van der Waals surface area contributed by atoms with E-state index in [9.17, 15) is 5.11 Å². The summed E-state index contributed by atoms with van der Waals surface area (Å²) in [4.78, 5) is 0. The van der Waals surface area contributed by atoms with E-state index in [0.29, 0.717) is 12.6 Å². The number of hydrogen-bond acceptors (Lipinski definition) is 4. The van der Waals surface area contributed by atoms with E-state index in [-0.39, 0.29) is 6.61 Å². The van der Waals surface area contributed by atoms with Crippen molar-refractivity contribution in [1.82, 2.24) is 5.32 Å². The van der Waals surface area contributed by atoms with Crippen LogP contribution in [0, 0.1) is 0 Å². The van der Waals surface area contributed by atoms with Crippen molar-refractivity contribution in [3.63, 3.8) is 0 Å². The fourth-order valence-electron chi connectivity index (χ4n) is 1.91. The molecule has 1 rings (SSSR count). The number of nitrogens with one attached hydrogen (secondary N) is 1. The Bertz CT molecular complexity index is 157. The number of hydrogen-bond donors (Lipinski definition) is 3. The Kier molecular flexibility index (Phi) is 5.86. The quantitative estimate of drug-likeness (QED) is 0.634. The highest BCUT2D eigenvalue weighted by molar-refractivity contribution is 7.99. The molecule has 0 aromatic carbocycles. The third kappa shape index (κ3) is 4.17. The largest absolute Gasteiger partial charge is 0.394 e. The monoisotopic (exact) mass is 219 g/mol. The fraction of sp³-hybridized carbons (Fsp3) is 1.00. The summed E-state index contributed by atoms with van der Waals surface area (Å²) in [7, 11) is 0. The Morgan fingerprint density at radius 1 is 1.50 bits per heavy atom. The van der Waals surface area contributed by atoms with Gasteiger partial charge in [0.15, 0.2) is 0 Å². The molecule has 1 saturated carbocycles. The standard InChI is InChI=1S/C10H21NO2S/c1-14-10-4-2-3-8(5-10)11-6-9(13)7-12/h8-13H,2-7H2,1H3. The molecular formula is C10H21NO2S. The normalized spacial score (nSPS) is 30.2. The van der Waals surface area contributed by atoms with Crippen LogP contribution in [0.15, 0.2) is 0 Å². The highest BCUT2D eigenvalue weighted by atomic mass is 32.2. The first-order chi connectivity index (χ1) is 6.76. The highest BCUT2D eigenvalue weighted by Gasteiger charge is 2.21. The van der Waals surface area contributed by atoms with E-state index < -0.39 is 6.10 Å². The molecule has 0 aromatic rings. The lowest BCUT2D eigenvalue weighted by Gasteiger charge is -2.29. The summed E-state index contributed by atoms with van der Waals surface area (Å²) in [6.07, 6.45) is 6.55. The summed E-state index contributed by atoms with van der Waals surface area (Å²) in [6, 6.07) is 0.530. The number of aliphatic hydroxyl groups is 2. The van der Waals surface area contributed by atoms with Crippen LogP contribution in [0.5, 0.6) is 0 Å². The van der Waals surface area contributed by atoms with E-state index in [4.69, 9.17) is 5.11 Å². The van der Waals surface area contributed by atoms with Crippen molar-refractivity contribution in [3.8, 4) is 0 Å². The van der Waals surface area contributed by atoms with Gasteiger partial charge in [0, 0.05) is 17.8 Å². The van der Waals surface area contributed by atoms with Gasteiger partial charge in [-0.2, -0.15) is 11.8 Å². The zero-order chi connectivity index (χ0) is 10.4. The molecule has 0 spiro atoms. The van der Waals surface area contributed by atoms with Gasteiger partial charge < -0.3 is 15.5 Å². The first kappa shape index (κ1) is 12.3. The smallest absolute Gasteiger partial charge is 0.0895 e. The Balaban J connectivity index is 2.17. The number of thioether (sulfide) groups is 1. The van der Waals surface area contributed by atoms with Gasteiger partial charge in [-0.3, -0.25) is 0 Å². The van der Waals surface area contributed by atoms with Crippen LogP contribution in [0.1, 0.15) is 25.7 Å². The maximum absolute atomic E-state index is 9.19. The van der Waals surface area contributed by atoms with Crippen molar-refractivity contribution < 1.29 is 10.2 Å². The first-order valence-electron chi connectivity index (χ1n) is 5.31. The van der Waals surface area contributed by atoms with Crippen LogP contribution in [0.2, 0.25) is 0 Å². The Labute approximate surface area is 90.3 Å². The van der Waals surface area contributed by atoms with E-state index in [1.807, 2.05) is 11.8 Å². The first-order valence-corrected chi connectivity index (χ1v) is 6.60. The predicted molar refractivity (Wildman–Crippen MR) is 60.7 cm³/mol. The van der Waals surface area contributed by atoms with Crippen molar-refractivity contribution >= 4 is 11.8 Å². The molecule has 84 valence electrons. The molecular weight excluding hydrogens is 198 g/mol. The second kappa shape index (κ2) is 6.67. The molecule has 14 heavy (non-hydrogen) atoms. The van der Waals surface area contributed by atoms with Crippen LogP contribution < -0.4 is 5.32 Å². The second-order valence-electron chi connectivity index (χ2n) is 3.97. The van der Waals surface area contributed by atoms with Gasteiger partial charge >= 0.3 is 0 Å². The fourth-order valence-corrected chi connectivity index (χ4v) is 2.74. The molecule has 0 aliphatic heterocycles. The van der Waals surface area contributed by atoms with Gasteiger partial charge in [0.05, 0.1) is 12.7 Å². The molecule has 0 amide bonds. The van der Waals surface area contributed by atoms with E-state index in [2.05, 4.69) is 11.6 Å². The minimum absolute atomic E-state index is 0.147. The average molecular weight is 219 g/mol. The molecule has 0 radical (unpaired) electrons. The van der Waals surface area contributed by atoms with Crippen LogP contribution in [0.4, 0.5) is 0 Å². The van der Waals surface area contributed by atoms with Gasteiger partial charge in [-0.25, -0.2) is 0 Å². The molecule has 0 bridgehead atoms. The Hall–Kier alpha value is 0.230. The van der Waals surface area contributed by atoms with Crippen molar-refractivity contribution in [3.05, 3.63) is 0 Å². The summed E-state index contributed by atoms with van der Waals surface area (Å²) in [6.45, 7) is 0.369. The third-order valence-corrected chi connectivity index (χ3v) is 3.91. The van der Waals surface area contributed by atoms with E-state index in [1.54, 1.807) is 0 Å². The predicted octanol–water partition coefficient (Wildman–Crippen LogP) is 0.603. The highest BCUT2D eigenvalue weighted by Crippen LogP contribution is 2.26. The third-order valence-electron chi connectivity index (χ3n) is 2.81. The molecule has 1 aliphatic rings. The van der Waals surface area contributed by atoms with E-state index in [0.717, 1.165) is 5.25 Å². The lowest BCUT2D eigenvalue weighted by molar-refractivity contribution is 0.0905. The summed E-state index contributed by atoms with van der Waals surface area (Å²) in [5.41, 5.74) is 0. The van der Waals surface area contributed by atoms with Crippen molar-refractivity contribution in [1.29, 1.82) is 0 Å². The summed E-state index contributed by atoms with van der Waals surface area (Å²) < 4.78 is 0. The minimum Gasteiger partial charge on any atom is -0.394 e. The maximum atomic E-state index is 9.19. The van der Waals surface area contributed by atoms with Gasteiger partial charge in [-0.15, -0.1) is 0 Å². The molecule has 4 heteroatoms. The molecule has 3 unspecified atom stereocenters.